The molecule has 6 nitrogen and oxygen atoms in total. The van der Waals surface area contributed by atoms with Crippen molar-refractivity contribution in [3.63, 3.8) is 0 Å². The molecule has 2 aromatic rings. The predicted octanol–water partition coefficient (Wildman–Crippen LogP) is 3.18. The zero-order valence-corrected chi connectivity index (χ0v) is 15.2. The Labute approximate surface area is 156 Å². The fourth-order valence-electron chi connectivity index (χ4n) is 2.98. The first-order chi connectivity index (χ1) is 12.7. The van der Waals surface area contributed by atoms with Crippen LogP contribution in [-0.2, 0) is 17.8 Å². The van der Waals surface area contributed by atoms with Crippen LogP contribution in [0.15, 0.2) is 29.4 Å². The van der Waals surface area contributed by atoms with Crippen LogP contribution in [0.2, 0.25) is 0 Å². The number of nitrogens with zero attached hydrogens (tertiary/aromatic N) is 5. The Morgan fingerprint density at radius 2 is 2.15 bits per heavy atom. The molecule has 1 aromatic heterocycles. The second-order valence-corrected chi connectivity index (χ2v) is 7.00. The van der Waals surface area contributed by atoms with Gasteiger partial charge in [-0.2, -0.15) is 5.26 Å². The number of fused-ring (bicyclic) bond motifs is 1. The highest BCUT2D eigenvalue weighted by atomic mass is 32.2. The number of amides is 1. The van der Waals surface area contributed by atoms with E-state index in [9.17, 15) is 9.18 Å². The van der Waals surface area contributed by atoms with Gasteiger partial charge in [0.2, 0.25) is 5.91 Å². The standard InChI is InChI=1S/C18H20FN5OS/c19-14-7-3-4-8-15(14)23(12-6-10-20)17(25)13-26-18-22-21-16-9-2-1-5-11-24(16)18/h3-4,7-8H,1-2,5-6,9,11-13H2. The largest absolute Gasteiger partial charge is 0.308 e. The van der Waals surface area contributed by atoms with Crippen molar-refractivity contribution in [3.8, 4) is 6.07 Å². The van der Waals surface area contributed by atoms with E-state index in [-0.39, 0.29) is 30.3 Å². The lowest BCUT2D eigenvalue weighted by Gasteiger charge is -2.22. The van der Waals surface area contributed by atoms with Crippen molar-refractivity contribution >= 4 is 23.4 Å². The Hall–Kier alpha value is -2.40. The summed E-state index contributed by atoms with van der Waals surface area (Å²) in [5.41, 5.74) is 0.202. The molecule has 0 atom stereocenters. The number of nitriles is 1. The highest BCUT2D eigenvalue weighted by molar-refractivity contribution is 7.99. The van der Waals surface area contributed by atoms with Crippen molar-refractivity contribution in [2.75, 3.05) is 17.2 Å². The van der Waals surface area contributed by atoms with Crippen LogP contribution in [0, 0.1) is 17.1 Å². The normalized spacial score (nSPS) is 13.5. The quantitative estimate of drug-likeness (QED) is 0.727. The van der Waals surface area contributed by atoms with Crippen LogP contribution in [0.5, 0.6) is 0 Å². The number of thioether (sulfide) groups is 1. The molecule has 3 rings (SSSR count). The van der Waals surface area contributed by atoms with Gasteiger partial charge in [0.15, 0.2) is 5.16 Å². The Kier molecular flexibility index (Phi) is 6.23. The van der Waals surface area contributed by atoms with E-state index in [0.717, 1.165) is 36.8 Å². The van der Waals surface area contributed by atoms with Crippen molar-refractivity contribution in [1.29, 1.82) is 5.26 Å². The molecule has 0 saturated carbocycles. The molecule has 0 unspecified atom stereocenters. The number of anilines is 1. The molecule has 0 bridgehead atoms. The zero-order chi connectivity index (χ0) is 18.4. The van der Waals surface area contributed by atoms with Crippen LogP contribution >= 0.6 is 11.8 Å². The number of hydrogen-bond donors (Lipinski definition) is 0. The first-order valence-electron chi connectivity index (χ1n) is 8.67. The van der Waals surface area contributed by atoms with Gasteiger partial charge in [-0.1, -0.05) is 30.3 Å². The first-order valence-corrected chi connectivity index (χ1v) is 9.66. The van der Waals surface area contributed by atoms with Crippen LogP contribution in [0.25, 0.3) is 0 Å². The van der Waals surface area contributed by atoms with E-state index < -0.39 is 5.82 Å². The molecule has 0 spiro atoms. The van der Waals surface area contributed by atoms with Gasteiger partial charge < -0.3 is 9.47 Å². The van der Waals surface area contributed by atoms with Crippen LogP contribution in [0.3, 0.4) is 0 Å². The number of carbonyl (C=O) groups excluding carboxylic acids is 1. The SMILES string of the molecule is N#CCCN(C(=O)CSc1nnc2n1CCCCC2)c1ccccc1F. The predicted molar refractivity (Wildman–Crippen MR) is 97.3 cm³/mol. The molecule has 1 amide bonds. The smallest absolute Gasteiger partial charge is 0.237 e. The topological polar surface area (TPSA) is 74.8 Å². The maximum Gasteiger partial charge on any atom is 0.237 e. The van der Waals surface area contributed by atoms with Gasteiger partial charge in [0, 0.05) is 19.5 Å². The minimum atomic E-state index is -0.472. The fraction of sp³-hybridized carbons (Fsp3) is 0.444. The number of aromatic nitrogens is 3. The second kappa shape index (κ2) is 8.81. The third-order valence-electron chi connectivity index (χ3n) is 4.29. The minimum Gasteiger partial charge on any atom is -0.308 e. The van der Waals surface area contributed by atoms with E-state index in [1.807, 2.05) is 6.07 Å². The van der Waals surface area contributed by atoms with Gasteiger partial charge in [0.25, 0.3) is 0 Å². The second-order valence-electron chi connectivity index (χ2n) is 6.05. The highest BCUT2D eigenvalue weighted by Crippen LogP contribution is 2.24. The first kappa shape index (κ1) is 18.4. The molecule has 0 aliphatic carbocycles. The maximum atomic E-state index is 14.1. The van der Waals surface area contributed by atoms with Crippen LogP contribution in [0.4, 0.5) is 10.1 Å². The summed E-state index contributed by atoms with van der Waals surface area (Å²) >= 11 is 1.31. The van der Waals surface area contributed by atoms with E-state index >= 15 is 0 Å². The Balaban J connectivity index is 1.71. The van der Waals surface area contributed by atoms with Gasteiger partial charge in [0.1, 0.15) is 11.6 Å². The lowest BCUT2D eigenvalue weighted by Crippen LogP contribution is -2.34. The molecule has 8 heteroatoms. The van der Waals surface area contributed by atoms with E-state index in [2.05, 4.69) is 14.8 Å². The monoisotopic (exact) mass is 373 g/mol. The summed E-state index contributed by atoms with van der Waals surface area (Å²) in [6.07, 6.45) is 4.41. The third kappa shape index (κ3) is 4.22. The van der Waals surface area contributed by atoms with E-state index in [0.29, 0.717) is 0 Å². The van der Waals surface area contributed by atoms with E-state index in [4.69, 9.17) is 5.26 Å². The van der Waals surface area contributed by atoms with E-state index in [1.54, 1.807) is 18.2 Å². The molecule has 1 aromatic carbocycles. The Bertz CT molecular complexity index is 816. The summed E-state index contributed by atoms with van der Waals surface area (Å²) in [4.78, 5) is 14.0. The molecule has 0 N–H and O–H groups in total. The lowest BCUT2D eigenvalue weighted by atomic mass is 10.2. The molecule has 0 fully saturated rings. The maximum absolute atomic E-state index is 14.1. The van der Waals surface area contributed by atoms with Gasteiger partial charge in [-0.15, -0.1) is 10.2 Å². The summed E-state index contributed by atoms with van der Waals surface area (Å²) in [5, 5.41) is 18.0. The number of carbonyl (C=O) groups is 1. The van der Waals surface area contributed by atoms with Crippen molar-refractivity contribution in [2.24, 2.45) is 0 Å². The van der Waals surface area contributed by atoms with E-state index in [1.165, 1.54) is 29.1 Å². The number of hydrogen-bond acceptors (Lipinski definition) is 5. The molecule has 0 radical (unpaired) electrons. The molecule has 136 valence electrons. The summed E-state index contributed by atoms with van der Waals surface area (Å²) in [5.74, 6) is 0.368. The summed E-state index contributed by atoms with van der Waals surface area (Å²) in [6.45, 7) is 1.03. The van der Waals surface area contributed by atoms with Crippen LogP contribution < -0.4 is 4.90 Å². The summed E-state index contributed by atoms with van der Waals surface area (Å²) in [7, 11) is 0. The van der Waals surface area contributed by atoms with Crippen molar-refractivity contribution in [3.05, 3.63) is 35.9 Å². The van der Waals surface area contributed by atoms with Gasteiger partial charge in [-0.05, 0) is 25.0 Å². The highest BCUT2D eigenvalue weighted by Gasteiger charge is 2.21. The number of para-hydroxylation sites is 1. The molecular formula is C18H20FN5OS. The van der Waals surface area contributed by atoms with Gasteiger partial charge >= 0.3 is 0 Å². The fourth-order valence-corrected chi connectivity index (χ4v) is 3.84. The number of benzene rings is 1. The average molecular weight is 373 g/mol. The van der Waals surface area contributed by atoms with Gasteiger partial charge in [-0.3, -0.25) is 4.79 Å². The average Bonchev–Trinajstić information content (AvgIpc) is 2.87. The lowest BCUT2D eigenvalue weighted by molar-refractivity contribution is -0.116. The zero-order valence-electron chi connectivity index (χ0n) is 14.4. The molecule has 1 aliphatic rings. The third-order valence-corrected chi connectivity index (χ3v) is 5.24. The molecule has 2 heterocycles. The Morgan fingerprint density at radius 1 is 1.31 bits per heavy atom. The Morgan fingerprint density at radius 3 is 2.96 bits per heavy atom. The van der Waals surface area contributed by atoms with Crippen LogP contribution in [-0.4, -0.2) is 33.0 Å². The number of rotatable bonds is 6. The molecule has 0 saturated heterocycles. The minimum absolute atomic E-state index is 0.123. The van der Waals surface area contributed by atoms with Gasteiger partial charge in [0.05, 0.1) is 23.9 Å². The van der Waals surface area contributed by atoms with Gasteiger partial charge in [-0.25, -0.2) is 4.39 Å². The number of aryl methyl sites for hydroxylation is 1. The van der Waals surface area contributed by atoms with Crippen molar-refractivity contribution < 1.29 is 9.18 Å². The molecule has 1 aliphatic heterocycles. The van der Waals surface area contributed by atoms with Crippen molar-refractivity contribution in [2.45, 2.75) is 43.8 Å². The summed E-state index contributed by atoms with van der Waals surface area (Å²) < 4.78 is 16.2. The molecule has 26 heavy (non-hydrogen) atoms. The van der Waals surface area contributed by atoms with Crippen molar-refractivity contribution in [1.82, 2.24) is 14.8 Å². The number of halogens is 1. The summed E-state index contributed by atoms with van der Waals surface area (Å²) in [6, 6.07) is 8.13. The molecular weight excluding hydrogens is 353 g/mol. The van der Waals surface area contributed by atoms with Crippen LogP contribution in [0.1, 0.15) is 31.5 Å².